The average molecular weight is 450 g/mol. The SMILES string of the molecule is CC(=O)Nc1ccc2c(c1)CCN(C(=O)c1ccc(OCCCN3CCCCC3)cc1)CC2. The molecule has 0 radical (unpaired) electrons. The molecular weight excluding hydrogens is 414 g/mol. The molecule has 33 heavy (non-hydrogen) atoms. The molecule has 0 unspecified atom stereocenters. The average Bonchev–Trinajstić information content (AvgIpc) is 3.04. The molecule has 0 aromatic heterocycles. The van der Waals surface area contributed by atoms with Gasteiger partial charge in [0, 0.05) is 37.8 Å². The molecule has 2 aliphatic heterocycles. The van der Waals surface area contributed by atoms with E-state index < -0.39 is 0 Å². The van der Waals surface area contributed by atoms with E-state index in [2.05, 4.69) is 16.3 Å². The molecule has 4 rings (SSSR count). The lowest BCUT2D eigenvalue weighted by molar-refractivity contribution is -0.114. The number of carbonyl (C=O) groups is 2. The Morgan fingerprint density at radius 1 is 0.909 bits per heavy atom. The van der Waals surface area contributed by atoms with Gasteiger partial charge >= 0.3 is 0 Å². The van der Waals surface area contributed by atoms with Gasteiger partial charge in [-0.2, -0.15) is 0 Å². The number of amides is 2. The van der Waals surface area contributed by atoms with Gasteiger partial charge in [0.05, 0.1) is 6.61 Å². The minimum atomic E-state index is -0.0743. The Morgan fingerprint density at radius 3 is 2.36 bits per heavy atom. The van der Waals surface area contributed by atoms with E-state index in [1.54, 1.807) is 0 Å². The van der Waals surface area contributed by atoms with Gasteiger partial charge in [0.2, 0.25) is 5.91 Å². The third kappa shape index (κ3) is 6.57. The van der Waals surface area contributed by atoms with Crippen molar-refractivity contribution < 1.29 is 14.3 Å². The third-order valence-electron chi connectivity index (χ3n) is 6.55. The van der Waals surface area contributed by atoms with Crippen LogP contribution >= 0.6 is 0 Å². The van der Waals surface area contributed by atoms with Gasteiger partial charge in [0.1, 0.15) is 5.75 Å². The Labute approximate surface area is 196 Å². The molecule has 0 saturated carbocycles. The number of rotatable bonds is 7. The summed E-state index contributed by atoms with van der Waals surface area (Å²) in [6, 6.07) is 13.6. The van der Waals surface area contributed by atoms with Crippen molar-refractivity contribution in [2.45, 2.75) is 45.4 Å². The van der Waals surface area contributed by atoms with Crippen molar-refractivity contribution in [3.8, 4) is 5.75 Å². The standard InChI is InChI=1S/C27H35N3O3/c1-21(31)28-25-9-6-22-12-17-30(18-13-24(22)20-25)27(32)23-7-10-26(11-8-23)33-19-5-16-29-14-3-2-4-15-29/h6-11,20H,2-5,12-19H2,1H3,(H,28,31). The van der Waals surface area contributed by atoms with Gasteiger partial charge in [-0.15, -0.1) is 0 Å². The van der Waals surface area contributed by atoms with Crippen molar-refractivity contribution in [2.24, 2.45) is 0 Å². The van der Waals surface area contributed by atoms with E-state index in [0.29, 0.717) is 25.3 Å². The highest BCUT2D eigenvalue weighted by Crippen LogP contribution is 2.22. The zero-order chi connectivity index (χ0) is 23.0. The number of nitrogens with zero attached hydrogens (tertiary/aromatic N) is 2. The molecule has 1 fully saturated rings. The topological polar surface area (TPSA) is 61.9 Å². The number of nitrogens with one attached hydrogen (secondary N) is 1. The van der Waals surface area contributed by atoms with Crippen LogP contribution in [0, 0.1) is 0 Å². The molecule has 2 aromatic carbocycles. The summed E-state index contributed by atoms with van der Waals surface area (Å²) in [5.74, 6) is 0.801. The van der Waals surface area contributed by atoms with Crippen molar-refractivity contribution in [1.29, 1.82) is 0 Å². The first-order chi connectivity index (χ1) is 16.1. The molecule has 6 nitrogen and oxygen atoms in total. The molecule has 6 heteroatoms. The first-order valence-corrected chi connectivity index (χ1v) is 12.2. The van der Waals surface area contributed by atoms with Crippen LogP contribution in [0.2, 0.25) is 0 Å². The van der Waals surface area contributed by atoms with E-state index in [9.17, 15) is 9.59 Å². The molecule has 0 spiro atoms. The van der Waals surface area contributed by atoms with Crippen molar-refractivity contribution in [1.82, 2.24) is 9.80 Å². The molecule has 0 bridgehead atoms. The second kappa shape index (κ2) is 11.3. The van der Waals surface area contributed by atoms with Gasteiger partial charge in [-0.25, -0.2) is 0 Å². The van der Waals surface area contributed by atoms with Crippen LogP contribution in [0.4, 0.5) is 5.69 Å². The molecule has 176 valence electrons. The third-order valence-corrected chi connectivity index (χ3v) is 6.55. The fourth-order valence-electron chi connectivity index (χ4n) is 4.75. The summed E-state index contributed by atoms with van der Waals surface area (Å²) in [6.07, 6.45) is 6.63. The first kappa shape index (κ1) is 23.3. The van der Waals surface area contributed by atoms with Crippen LogP contribution in [0.1, 0.15) is 54.1 Å². The predicted octanol–water partition coefficient (Wildman–Crippen LogP) is 4.14. The Balaban J connectivity index is 1.26. The minimum absolute atomic E-state index is 0.0570. The van der Waals surface area contributed by atoms with Crippen LogP contribution in [0.25, 0.3) is 0 Å². The monoisotopic (exact) mass is 449 g/mol. The quantitative estimate of drug-likeness (QED) is 0.646. The smallest absolute Gasteiger partial charge is 0.253 e. The van der Waals surface area contributed by atoms with E-state index in [-0.39, 0.29) is 11.8 Å². The summed E-state index contributed by atoms with van der Waals surface area (Å²) in [5, 5.41) is 2.84. The summed E-state index contributed by atoms with van der Waals surface area (Å²) in [4.78, 5) is 28.9. The van der Waals surface area contributed by atoms with E-state index in [0.717, 1.165) is 37.2 Å². The van der Waals surface area contributed by atoms with Crippen molar-refractivity contribution >= 4 is 17.5 Å². The number of anilines is 1. The Hall–Kier alpha value is -2.86. The molecule has 2 amide bonds. The summed E-state index contributed by atoms with van der Waals surface area (Å²) in [7, 11) is 0. The Bertz CT molecular complexity index is 952. The summed E-state index contributed by atoms with van der Waals surface area (Å²) in [6.45, 7) is 7.11. The zero-order valence-corrected chi connectivity index (χ0v) is 19.6. The fraction of sp³-hybridized carbons (Fsp3) is 0.481. The van der Waals surface area contributed by atoms with Crippen molar-refractivity contribution in [3.05, 3.63) is 59.2 Å². The van der Waals surface area contributed by atoms with E-state index >= 15 is 0 Å². The summed E-state index contributed by atoms with van der Waals surface area (Å²) in [5.41, 5.74) is 3.95. The lowest BCUT2D eigenvalue weighted by Gasteiger charge is -2.26. The number of hydrogen-bond donors (Lipinski definition) is 1. The fourth-order valence-corrected chi connectivity index (χ4v) is 4.75. The number of ether oxygens (including phenoxy) is 1. The Morgan fingerprint density at radius 2 is 1.64 bits per heavy atom. The lowest BCUT2D eigenvalue weighted by atomic mass is 10.0. The molecule has 1 N–H and O–H groups in total. The second-order valence-corrected chi connectivity index (χ2v) is 9.09. The normalized spacial score (nSPS) is 16.6. The lowest BCUT2D eigenvalue weighted by Crippen LogP contribution is -2.33. The van der Waals surface area contributed by atoms with Crippen LogP contribution < -0.4 is 10.1 Å². The molecule has 0 aliphatic carbocycles. The van der Waals surface area contributed by atoms with Gasteiger partial charge in [0.15, 0.2) is 0 Å². The van der Waals surface area contributed by atoms with Crippen LogP contribution in [-0.4, -0.2) is 60.9 Å². The van der Waals surface area contributed by atoms with Crippen molar-refractivity contribution in [3.63, 3.8) is 0 Å². The van der Waals surface area contributed by atoms with Crippen molar-refractivity contribution in [2.75, 3.05) is 44.6 Å². The molecule has 0 atom stereocenters. The van der Waals surface area contributed by atoms with Gasteiger partial charge in [0.25, 0.3) is 5.91 Å². The van der Waals surface area contributed by atoms with Gasteiger partial charge in [-0.3, -0.25) is 9.59 Å². The molecule has 1 saturated heterocycles. The first-order valence-electron chi connectivity index (χ1n) is 12.2. The van der Waals surface area contributed by atoms with Gasteiger partial charge in [-0.05, 0) is 92.7 Å². The molecule has 2 heterocycles. The largest absolute Gasteiger partial charge is 0.494 e. The van der Waals surface area contributed by atoms with E-state index in [1.165, 1.54) is 50.4 Å². The van der Waals surface area contributed by atoms with Gasteiger partial charge < -0.3 is 19.9 Å². The van der Waals surface area contributed by atoms with Crippen LogP contribution in [0.5, 0.6) is 5.75 Å². The number of benzene rings is 2. The second-order valence-electron chi connectivity index (χ2n) is 9.09. The highest BCUT2D eigenvalue weighted by molar-refractivity contribution is 5.94. The maximum Gasteiger partial charge on any atom is 0.253 e. The molecular formula is C27H35N3O3. The predicted molar refractivity (Wildman–Crippen MR) is 131 cm³/mol. The molecule has 2 aliphatic rings. The van der Waals surface area contributed by atoms with Crippen LogP contribution in [0.3, 0.4) is 0 Å². The van der Waals surface area contributed by atoms with Gasteiger partial charge in [-0.1, -0.05) is 12.5 Å². The van der Waals surface area contributed by atoms with Crippen LogP contribution in [-0.2, 0) is 17.6 Å². The number of hydrogen-bond acceptors (Lipinski definition) is 4. The maximum absolute atomic E-state index is 13.1. The number of fused-ring (bicyclic) bond motifs is 1. The molecule has 2 aromatic rings. The summed E-state index contributed by atoms with van der Waals surface area (Å²) >= 11 is 0. The highest BCUT2D eigenvalue weighted by Gasteiger charge is 2.20. The zero-order valence-electron chi connectivity index (χ0n) is 19.6. The summed E-state index contributed by atoms with van der Waals surface area (Å²) < 4.78 is 5.90. The number of piperidine rings is 1. The number of carbonyl (C=O) groups excluding carboxylic acids is 2. The minimum Gasteiger partial charge on any atom is -0.494 e. The highest BCUT2D eigenvalue weighted by atomic mass is 16.5. The van der Waals surface area contributed by atoms with E-state index in [4.69, 9.17) is 4.74 Å². The van der Waals surface area contributed by atoms with E-state index in [1.807, 2.05) is 41.3 Å². The Kier molecular flexibility index (Phi) is 8.00. The number of likely N-dealkylation sites (tertiary alicyclic amines) is 1. The maximum atomic E-state index is 13.1. The van der Waals surface area contributed by atoms with Crippen LogP contribution in [0.15, 0.2) is 42.5 Å².